The van der Waals surface area contributed by atoms with Crippen LogP contribution < -0.4 is 10.2 Å². The van der Waals surface area contributed by atoms with Crippen molar-refractivity contribution in [2.75, 3.05) is 29.9 Å². The molecular weight excluding hydrogens is 304 g/mol. The third-order valence-corrected chi connectivity index (χ3v) is 4.49. The van der Waals surface area contributed by atoms with Crippen molar-refractivity contribution in [1.29, 1.82) is 0 Å². The van der Waals surface area contributed by atoms with E-state index in [0.29, 0.717) is 0 Å². The zero-order valence-corrected chi connectivity index (χ0v) is 14.4. The molecule has 2 aromatic heterocycles. The van der Waals surface area contributed by atoms with E-state index < -0.39 is 0 Å². The lowest BCUT2D eigenvalue weighted by molar-refractivity contribution is 0.266. The zero-order valence-electron chi connectivity index (χ0n) is 14.4. The maximum Gasteiger partial charge on any atom is 0.134 e. The number of aliphatic hydroxyl groups excluding tert-OH is 1. The van der Waals surface area contributed by atoms with Crippen LogP contribution in [-0.2, 0) is 6.54 Å². The summed E-state index contributed by atoms with van der Waals surface area (Å²) in [6.07, 6.45) is 4.68. The Labute approximate surface area is 142 Å². The Balaban J connectivity index is 1.52. The summed E-state index contributed by atoms with van der Waals surface area (Å²) in [6.45, 7) is 6.94. The van der Waals surface area contributed by atoms with E-state index in [1.165, 1.54) is 5.69 Å². The summed E-state index contributed by atoms with van der Waals surface area (Å²) in [5.41, 5.74) is 2.26. The van der Waals surface area contributed by atoms with Gasteiger partial charge in [-0.3, -0.25) is 4.68 Å². The molecule has 1 atom stereocenters. The van der Waals surface area contributed by atoms with Gasteiger partial charge in [0.2, 0.25) is 0 Å². The minimum absolute atomic E-state index is 0.176. The van der Waals surface area contributed by atoms with Crippen molar-refractivity contribution in [2.45, 2.75) is 45.7 Å². The largest absolute Gasteiger partial charge is 0.394 e. The maximum absolute atomic E-state index is 9.46. The number of nitrogens with zero attached hydrogens (tertiary/aromatic N) is 5. The third kappa shape index (κ3) is 3.84. The van der Waals surface area contributed by atoms with E-state index in [1.54, 1.807) is 6.33 Å². The van der Waals surface area contributed by atoms with Gasteiger partial charge in [0.25, 0.3) is 0 Å². The van der Waals surface area contributed by atoms with Gasteiger partial charge in [-0.1, -0.05) is 0 Å². The highest BCUT2D eigenvalue weighted by Gasteiger charge is 2.25. The van der Waals surface area contributed by atoms with Crippen LogP contribution >= 0.6 is 0 Å². The Hall–Kier alpha value is -2.15. The maximum atomic E-state index is 9.46. The van der Waals surface area contributed by atoms with Crippen molar-refractivity contribution in [3.8, 4) is 0 Å². The molecule has 7 nitrogen and oxygen atoms in total. The van der Waals surface area contributed by atoms with Gasteiger partial charge in [0, 0.05) is 31.4 Å². The van der Waals surface area contributed by atoms with Gasteiger partial charge in [0.15, 0.2) is 0 Å². The average Bonchev–Trinajstić information content (AvgIpc) is 3.18. The first-order chi connectivity index (χ1) is 11.7. The van der Waals surface area contributed by atoms with Gasteiger partial charge < -0.3 is 15.3 Å². The van der Waals surface area contributed by atoms with Crippen LogP contribution in [0.15, 0.2) is 18.5 Å². The number of anilines is 2. The first kappa shape index (κ1) is 16.7. The van der Waals surface area contributed by atoms with Crippen LogP contribution in [0, 0.1) is 13.8 Å². The fraction of sp³-hybridized carbons (Fsp3) is 0.588. The Morgan fingerprint density at radius 3 is 2.92 bits per heavy atom. The second-order valence-corrected chi connectivity index (χ2v) is 6.36. The molecule has 24 heavy (non-hydrogen) atoms. The summed E-state index contributed by atoms with van der Waals surface area (Å²) in [7, 11) is 0. The second kappa shape index (κ2) is 7.61. The van der Waals surface area contributed by atoms with Crippen LogP contribution in [0.5, 0.6) is 0 Å². The molecule has 0 aromatic carbocycles. The number of nitrogens with one attached hydrogen (secondary N) is 1. The third-order valence-electron chi connectivity index (χ3n) is 4.49. The van der Waals surface area contributed by atoms with E-state index in [1.807, 2.05) is 17.7 Å². The first-order valence-corrected chi connectivity index (χ1v) is 8.62. The molecular formula is C17H26N6O. The van der Waals surface area contributed by atoms with Crippen LogP contribution in [0.2, 0.25) is 0 Å². The second-order valence-electron chi connectivity index (χ2n) is 6.36. The molecule has 3 heterocycles. The molecule has 2 aromatic rings. The molecule has 0 bridgehead atoms. The van der Waals surface area contributed by atoms with Gasteiger partial charge in [-0.15, -0.1) is 0 Å². The number of hydrogen-bond acceptors (Lipinski definition) is 6. The van der Waals surface area contributed by atoms with Crippen molar-refractivity contribution in [3.63, 3.8) is 0 Å². The van der Waals surface area contributed by atoms with Gasteiger partial charge >= 0.3 is 0 Å². The van der Waals surface area contributed by atoms with Crippen molar-refractivity contribution >= 4 is 11.6 Å². The van der Waals surface area contributed by atoms with Crippen LogP contribution in [-0.4, -0.2) is 50.6 Å². The number of hydrogen-bond donors (Lipinski definition) is 2. The van der Waals surface area contributed by atoms with E-state index in [4.69, 9.17) is 0 Å². The predicted octanol–water partition coefficient (Wildman–Crippen LogP) is 1.75. The van der Waals surface area contributed by atoms with Gasteiger partial charge in [0.1, 0.15) is 18.0 Å². The lowest BCUT2D eigenvalue weighted by Crippen LogP contribution is -2.32. The molecule has 0 amide bonds. The lowest BCUT2D eigenvalue weighted by atomic mass is 10.2. The van der Waals surface area contributed by atoms with E-state index in [9.17, 15) is 5.11 Å². The predicted molar refractivity (Wildman–Crippen MR) is 94.3 cm³/mol. The van der Waals surface area contributed by atoms with Crippen LogP contribution in [0.25, 0.3) is 0 Å². The lowest BCUT2D eigenvalue weighted by Gasteiger charge is -2.24. The van der Waals surface area contributed by atoms with Crippen molar-refractivity contribution in [1.82, 2.24) is 19.7 Å². The molecule has 3 rings (SSSR count). The van der Waals surface area contributed by atoms with E-state index in [2.05, 4.69) is 38.3 Å². The quantitative estimate of drug-likeness (QED) is 0.753. The summed E-state index contributed by atoms with van der Waals surface area (Å²) in [6, 6.07) is 4.24. The molecule has 0 unspecified atom stereocenters. The SMILES string of the molecule is Cc1cc(C)n(CCCNc2cc(N3CCC[C@@H]3CO)ncn2)n1. The van der Waals surface area contributed by atoms with E-state index >= 15 is 0 Å². The number of aromatic nitrogens is 4. The monoisotopic (exact) mass is 330 g/mol. The summed E-state index contributed by atoms with van der Waals surface area (Å²) in [5, 5.41) is 17.3. The topological polar surface area (TPSA) is 79.1 Å². The molecule has 0 saturated carbocycles. The highest BCUT2D eigenvalue weighted by molar-refractivity contribution is 5.49. The molecule has 0 aliphatic carbocycles. The van der Waals surface area contributed by atoms with E-state index in [0.717, 1.165) is 56.2 Å². The van der Waals surface area contributed by atoms with Gasteiger partial charge in [-0.2, -0.15) is 5.10 Å². The molecule has 7 heteroatoms. The molecule has 1 fully saturated rings. The highest BCUT2D eigenvalue weighted by atomic mass is 16.3. The minimum atomic E-state index is 0.176. The molecule has 130 valence electrons. The van der Waals surface area contributed by atoms with Crippen LogP contribution in [0.3, 0.4) is 0 Å². The Kier molecular flexibility index (Phi) is 5.30. The Bertz CT molecular complexity index is 671. The Morgan fingerprint density at radius 2 is 2.17 bits per heavy atom. The smallest absolute Gasteiger partial charge is 0.134 e. The molecule has 0 spiro atoms. The standard InChI is InChI=1S/C17H26N6O/c1-13-9-14(2)23(21-13)8-4-6-18-16-10-17(20-12-19-16)22-7-3-5-15(22)11-24/h9-10,12,15,24H,3-8,11H2,1-2H3,(H,18,19,20)/t15-/m1/s1. The van der Waals surface area contributed by atoms with Crippen LogP contribution in [0.1, 0.15) is 30.7 Å². The summed E-state index contributed by atoms with van der Waals surface area (Å²) < 4.78 is 2.04. The minimum Gasteiger partial charge on any atom is -0.394 e. The van der Waals surface area contributed by atoms with Crippen molar-refractivity contribution in [2.24, 2.45) is 0 Å². The van der Waals surface area contributed by atoms with Gasteiger partial charge in [-0.25, -0.2) is 9.97 Å². The average molecular weight is 330 g/mol. The first-order valence-electron chi connectivity index (χ1n) is 8.62. The summed E-state index contributed by atoms with van der Waals surface area (Å²) >= 11 is 0. The normalized spacial score (nSPS) is 17.5. The molecule has 1 saturated heterocycles. The van der Waals surface area contributed by atoms with Gasteiger partial charge in [-0.05, 0) is 39.2 Å². The molecule has 1 aliphatic rings. The fourth-order valence-corrected chi connectivity index (χ4v) is 3.27. The molecule has 0 radical (unpaired) electrons. The summed E-state index contributed by atoms with van der Waals surface area (Å²) in [4.78, 5) is 10.8. The van der Waals surface area contributed by atoms with Crippen molar-refractivity contribution < 1.29 is 5.11 Å². The number of rotatable bonds is 7. The van der Waals surface area contributed by atoms with Crippen LogP contribution in [0.4, 0.5) is 11.6 Å². The molecule has 1 aliphatic heterocycles. The number of aliphatic hydroxyl groups is 1. The van der Waals surface area contributed by atoms with Gasteiger partial charge in [0.05, 0.1) is 18.3 Å². The fourth-order valence-electron chi connectivity index (χ4n) is 3.27. The highest BCUT2D eigenvalue weighted by Crippen LogP contribution is 2.24. The summed E-state index contributed by atoms with van der Waals surface area (Å²) in [5.74, 6) is 1.72. The number of aryl methyl sites for hydroxylation is 3. The zero-order chi connectivity index (χ0) is 16.9. The van der Waals surface area contributed by atoms with Crippen molar-refractivity contribution in [3.05, 3.63) is 29.8 Å². The Morgan fingerprint density at radius 1 is 1.29 bits per heavy atom. The molecule has 2 N–H and O–H groups in total. The van der Waals surface area contributed by atoms with E-state index in [-0.39, 0.29) is 12.6 Å².